The molecule has 1 nitrogen and oxygen atoms in total. The minimum Gasteiger partial charge on any atom is -0.431 e. The zero-order valence-electron chi connectivity index (χ0n) is 8.11. The Balaban J connectivity index is 0. The lowest BCUT2D eigenvalue weighted by molar-refractivity contribution is 0.460. The summed E-state index contributed by atoms with van der Waals surface area (Å²) < 4.78 is 4.39. The molecular weight excluding hydrogens is 172 g/mol. The summed E-state index contributed by atoms with van der Waals surface area (Å²) in [6.07, 6.45) is 2.90. The van der Waals surface area contributed by atoms with E-state index < -0.39 is 0 Å². The maximum atomic E-state index is 4.39. The molecule has 0 aromatic carbocycles. The fourth-order valence-electron chi connectivity index (χ4n) is 0.612. The summed E-state index contributed by atoms with van der Waals surface area (Å²) in [6, 6.07) is 1.60. The Hall–Kier alpha value is 0.611. The van der Waals surface area contributed by atoms with Gasteiger partial charge in [0.2, 0.25) is 0 Å². The van der Waals surface area contributed by atoms with Crippen molar-refractivity contribution < 1.29 is 4.43 Å². The Morgan fingerprint density at radius 2 is 1.90 bits per heavy atom. The highest BCUT2D eigenvalue weighted by Crippen LogP contribution is 1.96. The Kier molecular flexibility index (Phi) is 16.3. The van der Waals surface area contributed by atoms with Gasteiger partial charge in [0.1, 0.15) is 10.5 Å². The zero-order chi connectivity index (χ0) is 8.41. The molecule has 0 aromatic heterocycles. The van der Waals surface area contributed by atoms with Gasteiger partial charge in [-0.25, -0.2) is 0 Å². The summed E-state index contributed by atoms with van der Waals surface area (Å²) in [7, 11) is 4.03. The van der Waals surface area contributed by atoms with Gasteiger partial charge in [-0.05, 0) is 9.76 Å². The van der Waals surface area contributed by atoms with Crippen molar-refractivity contribution >= 4 is 28.6 Å². The average molecular weight is 194 g/mol. The molecule has 0 bridgehead atoms. The van der Waals surface area contributed by atoms with Crippen LogP contribution in [0, 0.1) is 0 Å². The summed E-state index contributed by atoms with van der Waals surface area (Å²) in [5.41, 5.74) is 0. The number of hydrogen-bond acceptors (Lipinski definition) is 1. The fourth-order valence-corrected chi connectivity index (χ4v) is 3.06. The summed E-state index contributed by atoms with van der Waals surface area (Å²) in [5.74, 6) is 0. The van der Waals surface area contributed by atoms with E-state index >= 15 is 0 Å². The molecule has 0 radical (unpaired) electrons. The molecule has 64 valence electrons. The first-order chi connectivity index (χ1) is 4.68. The fraction of sp³-hybridized carbons (Fsp3) is 1.00. The van der Waals surface area contributed by atoms with Crippen molar-refractivity contribution in [1.29, 1.82) is 0 Å². The molecular formula is C6H22OSi3. The van der Waals surface area contributed by atoms with E-state index in [4.69, 9.17) is 0 Å². The van der Waals surface area contributed by atoms with Crippen molar-refractivity contribution in [2.24, 2.45) is 0 Å². The van der Waals surface area contributed by atoms with Crippen LogP contribution >= 0.6 is 0 Å². The lowest BCUT2D eigenvalue weighted by atomic mass is 10.4. The molecule has 0 saturated heterocycles. The SMILES string of the molecule is CCCC[SiH](C)[SiH3].CO[SiH3]. The minimum absolute atomic E-state index is 0.0493. The molecule has 0 heterocycles. The molecule has 0 aliphatic carbocycles. The summed E-state index contributed by atoms with van der Waals surface area (Å²) in [5, 5.41) is 0. The molecule has 4 heteroatoms. The van der Waals surface area contributed by atoms with Gasteiger partial charge in [0.15, 0.2) is 0 Å². The second-order valence-electron chi connectivity index (χ2n) is 2.94. The van der Waals surface area contributed by atoms with Crippen LogP contribution in [0.15, 0.2) is 0 Å². The van der Waals surface area contributed by atoms with E-state index in [1.807, 2.05) is 0 Å². The van der Waals surface area contributed by atoms with Gasteiger partial charge in [0, 0.05) is 15.4 Å². The lowest BCUT2D eigenvalue weighted by Gasteiger charge is -1.96. The zero-order valence-corrected chi connectivity index (χ0v) is 13.3. The first-order valence-corrected chi connectivity index (χ1v) is 11.5. The predicted molar refractivity (Wildman–Crippen MR) is 59.6 cm³/mol. The quantitative estimate of drug-likeness (QED) is 0.546. The van der Waals surface area contributed by atoms with E-state index in [1.54, 1.807) is 13.2 Å². The normalized spacial score (nSPS) is 12.3. The van der Waals surface area contributed by atoms with Crippen LogP contribution in [-0.2, 0) is 4.43 Å². The van der Waals surface area contributed by atoms with Gasteiger partial charge in [-0.3, -0.25) is 0 Å². The highest BCUT2D eigenvalue weighted by molar-refractivity contribution is 7.02. The topological polar surface area (TPSA) is 9.23 Å². The molecule has 0 aliphatic rings. The minimum atomic E-state index is -0.0493. The van der Waals surface area contributed by atoms with Crippen LogP contribution in [0.5, 0.6) is 0 Å². The van der Waals surface area contributed by atoms with E-state index in [9.17, 15) is 0 Å². The maximum absolute atomic E-state index is 4.39. The van der Waals surface area contributed by atoms with Gasteiger partial charge in [-0.2, -0.15) is 0 Å². The Labute approximate surface area is 72.9 Å². The first kappa shape index (κ1) is 13.2. The van der Waals surface area contributed by atoms with Gasteiger partial charge >= 0.3 is 0 Å². The third kappa shape index (κ3) is 23.5. The van der Waals surface area contributed by atoms with Crippen LogP contribution in [-0.4, -0.2) is 35.7 Å². The van der Waals surface area contributed by atoms with Gasteiger partial charge in [-0.1, -0.05) is 32.4 Å². The smallest absolute Gasteiger partial charge is 0.145 e. The van der Waals surface area contributed by atoms with E-state index in [0.717, 1.165) is 10.5 Å². The lowest BCUT2D eigenvalue weighted by Crippen LogP contribution is -2.04. The van der Waals surface area contributed by atoms with Gasteiger partial charge in [0.25, 0.3) is 0 Å². The summed E-state index contributed by atoms with van der Waals surface area (Å²) >= 11 is 0. The van der Waals surface area contributed by atoms with Crippen molar-refractivity contribution in [3.8, 4) is 0 Å². The molecule has 10 heavy (non-hydrogen) atoms. The van der Waals surface area contributed by atoms with Crippen molar-refractivity contribution in [2.45, 2.75) is 32.4 Å². The van der Waals surface area contributed by atoms with Crippen LogP contribution in [0.1, 0.15) is 19.8 Å². The Morgan fingerprint density at radius 1 is 1.50 bits per heavy atom. The van der Waals surface area contributed by atoms with E-state index in [2.05, 4.69) is 17.9 Å². The van der Waals surface area contributed by atoms with E-state index in [0.29, 0.717) is 0 Å². The van der Waals surface area contributed by atoms with Crippen LogP contribution in [0.3, 0.4) is 0 Å². The molecule has 1 atom stereocenters. The molecule has 0 aliphatic heterocycles. The first-order valence-electron chi connectivity index (χ1n) is 4.09. The highest BCUT2D eigenvalue weighted by atomic mass is 29.1. The van der Waals surface area contributed by atoms with Crippen molar-refractivity contribution in [3.05, 3.63) is 0 Å². The molecule has 0 aromatic rings. The predicted octanol–water partition coefficient (Wildman–Crippen LogP) is -0.581. The van der Waals surface area contributed by atoms with Crippen LogP contribution < -0.4 is 0 Å². The molecule has 1 unspecified atom stereocenters. The second-order valence-corrected chi connectivity index (χ2v) is 13.0. The van der Waals surface area contributed by atoms with Gasteiger partial charge in [-0.15, -0.1) is 0 Å². The second kappa shape index (κ2) is 12.3. The van der Waals surface area contributed by atoms with Crippen molar-refractivity contribution in [2.75, 3.05) is 7.11 Å². The molecule has 0 saturated carbocycles. The Morgan fingerprint density at radius 3 is 2.00 bits per heavy atom. The van der Waals surface area contributed by atoms with E-state index in [-0.39, 0.29) is 8.31 Å². The monoisotopic (exact) mass is 194 g/mol. The third-order valence-corrected chi connectivity index (χ3v) is 4.43. The standard InChI is InChI=1S/C5H16Si2.CH6OSi/c1-3-4-5-7(2)6;1-2-3/h7H,3-5H2,1-2,6H3;1,3H3. The van der Waals surface area contributed by atoms with Crippen LogP contribution in [0.25, 0.3) is 0 Å². The van der Waals surface area contributed by atoms with Gasteiger partial charge in [0.05, 0.1) is 0 Å². The van der Waals surface area contributed by atoms with Gasteiger partial charge < -0.3 is 4.43 Å². The van der Waals surface area contributed by atoms with Crippen molar-refractivity contribution in [1.82, 2.24) is 0 Å². The molecule has 0 spiro atoms. The van der Waals surface area contributed by atoms with Crippen LogP contribution in [0.4, 0.5) is 0 Å². The molecule has 0 rings (SSSR count). The van der Waals surface area contributed by atoms with Crippen LogP contribution in [0.2, 0.25) is 12.6 Å². The maximum Gasteiger partial charge on any atom is 0.145 e. The molecule has 0 amide bonds. The Bertz CT molecular complexity index is 50.3. The molecule has 0 N–H and O–H groups in total. The summed E-state index contributed by atoms with van der Waals surface area (Å²) in [6.45, 7) is 4.75. The van der Waals surface area contributed by atoms with E-state index in [1.165, 1.54) is 22.6 Å². The largest absolute Gasteiger partial charge is 0.431 e. The summed E-state index contributed by atoms with van der Waals surface area (Å²) in [4.78, 5) is 0. The number of rotatable bonds is 3. The average Bonchev–Trinajstić information content (AvgIpc) is 1.85. The molecule has 0 fully saturated rings. The third-order valence-electron chi connectivity index (χ3n) is 1.14. The number of unbranched alkanes of at least 4 members (excludes halogenated alkanes) is 1. The van der Waals surface area contributed by atoms with Crippen molar-refractivity contribution in [3.63, 3.8) is 0 Å². The number of hydrogen-bond donors (Lipinski definition) is 0. The highest BCUT2D eigenvalue weighted by Gasteiger charge is 1.90.